The minimum Gasteiger partial charge on any atom is -0.396 e. The van der Waals surface area contributed by atoms with E-state index in [0.29, 0.717) is 17.3 Å². The summed E-state index contributed by atoms with van der Waals surface area (Å²) < 4.78 is 1.93. The third-order valence-corrected chi connectivity index (χ3v) is 5.09. The van der Waals surface area contributed by atoms with Gasteiger partial charge in [0.1, 0.15) is 18.5 Å². The summed E-state index contributed by atoms with van der Waals surface area (Å²) in [5.41, 5.74) is 11.0. The zero-order chi connectivity index (χ0) is 21.2. The predicted octanol–water partition coefficient (Wildman–Crippen LogP) is 4.03. The average molecular weight is 408 g/mol. The number of imidazole rings is 1. The Morgan fingerprint density at radius 3 is 2.71 bits per heavy atom. The first-order valence-electron chi connectivity index (χ1n) is 9.87. The Kier molecular flexibility index (Phi) is 4.72. The molecule has 0 aliphatic rings. The van der Waals surface area contributed by atoms with Crippen molar-refractivity contribution in [2.24, 2.45) is 0 Å². The number of hydrogen-bond acceptors (Lipinski definition) is 7. The Bertz CT molecular complexity index is 1350. The lowest BCUT2D eigenvalue weighted by Crippen LogP contribution is -2.10. The van der Waals surface area contributed by atoms with Gasteiger partial charge in [-0.25, -0.2) is 19.9 Å². The molecule has 0 unspecified atom stereocenters. The molecule has 2 aromatic carbocycles. The molecule has 5 aromatic rings. The van der Waals surface area contributed by atoms with Crippen molar-refractivity contribution in [3.63, 3.8) is 0 Å². The summed E-state index contributed by atoms with van der Waals surface area (Å²) in [5.74, 6) is 1.29. The molecule has 152 valence electrons. The maximum atomic E-state index is 6.02. The molecule has 0 saturated carbocycles. The van der Waals surface area contributed by atoms with Crippen molar-refractivity contribution in [2.75, 3.05) is 11.1 Å². The van der Waals surface area contributed by atoms with Crippen LogP contribution in [0.2, 0.25) is 0 Å². The third kappa shape index (κ3) is 3.66. The number of rotatable bonds is 5. The van der Waals surface area contributed by atoms with Crippen molar-refractivity contribution in [1.29, 1.82) is 0 Å². The van der Waals surface area contributed by atoms with Crippen molar-refractivity contribution < 1.29 is 0 Å². The Labute approximate surface area is 178 Å². The Morgan fingerprint density at radius 2 is 1.87 bits per heavy atom. The molecular formula is C23H20N8. The molecule has 0 radical (unpaired) electrons. The summed E-state index contributed by atoms with van der Waals surface area (Å²) in [6.45, 7) is 2.08. The van der Waals surface area contributed by atoms with Crippen molar-refractivity contribution in [3.8, 4) is 17.1 Å². The van der Waals surface area contributed by atoms with Crippen molar-refractivity contribution in [3.05, 3.63) is 85.2 Å². The van der Waals surface area contributed by atoms with Crippen LogP contribution < -0.4 is 11.1 Å². The zero-order valence-corrected chi connectivity index (χ0v) is 16.8. The molecule has 8 heteroatoms. The largest absolute Gasteiger partial charge is 0.396 e. The fourth-order valence-corrected chi connectivity index (χ4v) is 3.50. The van der Waals surface area contributed by atoms with Crippen LogP contribution in [0.25, 0.3) is 28.1 Å². The predicted molar refractivity (Wildman–Crippen MR) is 121 cm³/mol. The van der Waals surface area contributed by atoms with Gasteiger partial charge >= 0.3 is 0 Å². The summed E-state index contributed by atoms with van der Waals surface area (Å²) >= 11 is 0. The topological polar surface area (TPSA) is 107 Å². The first-order chi connectivity index (χ1) is 15.2. The first kappa shape index (κ1) is 18.7. The van der Waals surface area contributed by atoms with Crippen LogP contribution >= 0.6 is 0 Å². The fraction of sp³-hybridized carbons (Fsp3) is 0.0870. The second-order valence-corrected chi connectivity index (χ2v) is 7.16. The number of anilines is 2. The lowest BCUT2D eigenvalue weighted by molar-refractivity contribution is 0.854. The molecule has 31 heavy (non-hydrogen) atoms. The molecule has 8 nitrogen and oxygen atoms in total. The monoisotopic (exact) mass is 408 g/mol. The highest BCUT2D eigenvalue weighted by Crippen LogP contribution is 2.27. The first-order valence-corrected chi connectivity index (χ1v) is 9.87. The van der Waals surface area contributed by atoms with Crippen LogP contribution in [0.1, 0.15) is 18.5 Å². The van der Waals surface area contributed by atoms with Crippen LogP contribution in [0.3, 0.4) is 0 Å². The van der Waals surface area contributed by atoms with Crippen LogP contribution in [0.15, 0.2) is 79.6 Å². The van der Waals surface area contributed by atoms with Crippen molar-refractivity contribution in [2.45, 2.75) is 13.0 Å². The van der Waals surface area contributed by atoms with Crippen LogP contribution in [-0.2, 0) is 0 Å². The van der Waals surface area contributed by atoms with E-state index in [1.54, 1.807) is 18.7 Å². The number of nitrogens with one attached hydrogen (secondary N) is 1. The standard InChI is InChI=1S/C23H20N8/c1-15(16-5-3-2-4-6-16)29-23-26-10-9-21(30-23)31-14-28-19-11-17(7-8-20(19)31)22-18(24)12-25-13-27-22/h2-15H,24H2,1H3,(H,26,29,30)/t15-/m0/s1. The van der Waals surface area contributed by atoms with E-state index in [1.807, 2.05) is 47.0 Å². The number of nitrogen functional groups attached to an aromatic ring is 1. The van der Waals surface area contributed by atoms with E-state index < -0.39 is 0 Å². The Balaban J connectivity index is 1.46. The second kappa shape index (κ2) is 7.83. The van der Waals surface area contributed by atoms with Gasteiger partial charge in [-0.1, -0.05) is 36.4 Å². The van der Waals surface area contributed by atoms with Crippen LogP contribution in [0.4, 0.5) is 11.6 Å². The quantitative estimate of drug-likeness (QED) is 0.452. The van der Waals surface area contributed by atoms with Gasteiger partial charge in [-0.3, -0.25) is 4.57 Å². The number of benzene rings is 2. The molecule has 3 heterocycles. The number of nitrogens with zero attached hydrogens (tertiary/aromatic N) is 6. The van der Waals surface area contributed by atoms with E-state index in [4.69, 9.17) is 5.73 Å². The molecule has 1 atom stereocenters. The summed E-state index contributed by atoms with van der Waals surface area (Å²) in [5, 5.41) is 3.36. The number of fused-ring (bicyclic) bond motifs is 1. The number of hydrogen-bond donors (Lipinski definition) is 2. The molecule has 5 rings (SSSR count). The van der Waals surface area contributed by atoms with E-state index in [2.05, 4.69) is 49.3 Å². The number of aromatic nitrogens is 6. The maximum Gasteiger partial charge on any atom is 0.225 e. The average Bonchev–Trinajstić information content (AvgIpc) is 3.23. The van der Waals surface area contributed by atoms with Gasteiger partial charge in [0.15, 0.2) is 0 Å². The van der Waals surface area contributed by atoms with Crippen molar-refractivity contribution in [1.82, 2.24) is 29.5 Å². The van der Waals surface area contributed by atoms with E-state index in [-0.39, 0.29) is 6.04 Å². The van der Waals surface area contributed by atoms with Gasteiger partial charge in [-0.05, 0) is 30.7 Å². The molecule has 0 amide bonds. The highest BCUT2D eigenvalue weighted by Gasteiger charge is 2.12. The number of nitrogens with two attached hydrogens (primary N) is 1. The van der Waals surface area contributed by atoms with Crippen LogP contribution in [0.5, 0.6) is 0 Å². The van der Waals surface area contributed by atoms with Gasteiger partial charge in [0.25, 0.3) is 0 Å². The van der Waals surface area contributed by atoms with Crippen LogP contribution in [0, 0.1) is 0 Å². The smallest absolute Gasteiger partial charge is 0.225 e. The molecule has 0 aliphatic heterocycles. The van der Waals surface area contributed by atoms with Gasteiger partial charge in [0, 0.05) is 11.8 Å². The van der Waals surface area contributed by atoms with Gasteiger partial charge < -0.3 is 11.1 Å². The Morgan fingerprint density at radius 1 is 1.00 bits per heavy atom. The highest BCUT2D eigenvalue weighted by atomic mass is 15.2. The summed E-state index contributed by atoms with van der Waals surface area (Å²) in [7, 11) is 0. The van der Waals surface area contributed by atoms with Crippen molar-refractivity contribution >= 4 is 22.7 Å². The van der Waals surface area contributed by atoms with E-state index in [0.717, 1.165) is 22.4 Å². The summed E-state index contributed by atoms with van der Waals surface area (Å²) in [6.07, 6.45) is 6.58. The highest BCUT2D eigenvalue weighted by molar-refractivity contribution is 5.84. The Hall–Kier alpha value is -4.33. The summed E-state index contributed by atoms with van der Waals surface area (Å²) in [4.78, 5) is 21.8. The minimum absolute atomic E-state index is 0.0804. The van der Waals surface area contributed by atoms with E-state index in [1.165, 1.54) is 11.9 Å². The second-order valence-electron chi connectivity index (χ2n) is 7.16. The van der Waals surface area contributed by atoms with E-state index in [9.17, 15) is 0 Å². The molecule has 0 fully saturated rings. The molecule has 0 bridgehead atoms. The normalized spacial score (nSPS) is 12.0. The molecule has 3 N–H and O–H groups in total. The van der Waals surface area contributed by atoms with Gasteiger partial charge in [-0.2, -0.15) is 4.98 Å². The molecule has 0 saturated heterocycles. The molecular weight excluding hydrogens is 388 g/mol. The molecule has 0 spiro atoms. The maximum absolute atomic E-state index is 6.02. The van der Waals surface area contributed by atoms with Gasteiger partial charge in [0.05, 0.1) is 34.7 Å². The third-order valence-electron chi connectivity index (χ3n) is 5.09. The van der Waals surface area contributed by atoms with Gasteiger partial charge in [0.2, 0.25) is 5.95 Å². The van der Waals surface area contributed by atoms with E-state index >= 15 is 0 Å². The fourth-order valence-electron chi connectivity index (χ4n) is 3.50. The lowest BCUT2D eigenvalue weighted by Gasteiger charge is -2.14. The summed E-state index contributed by atoms with van der Waals surface area (Å²) in [6, 6.07) is 18.0. The zero-order valence-electron chi connectivity index (χ0n) is 16.8. The van der Waals surface area contributed by atoms with Gasteiger partial charge in [-0.15, -0.1) is 0 Å². The van der Waals surface area contributed by atoms with Crippen LogP contribution in [-0.4, -0.2) is 29.5 Å². The lowest BCUT2D eigenvalue weighted by atomic mass is 10.1. The SMILES string of the molecule is C[C@H](Nc1nccc(-n2cnc3cc(-c4ncncc4N)ccc32)n1)c1ccccc1. The molecule has 0 aliphatic carbocycles. The minimum atomic E-state index is 0.0804. The molecule has 3 aromatic heterocycles.